The van der Waals surface area contributed by atoms with Gasteiger partial charge < -0.3 is 19.9 Å². The molecule has 2 saturated heterocycles. The molecule has 1 aromatic rings. The first-order valence-corrected chi connectivity index (χ1v) is 7.61. The zero-order valence-corrected chi connectivity index (χ0v) is 12.5. The van der Waals surface area contributed by atoms with Gasteiger partial charge >= 0.3 is 0 Å². The summed E-state index contributed by atoms with van der Waals surface area (Å²) in [5, 5.41) is 3.27. The highest BCUT2D eigenvalue weighted by Gasteiger charge is 2.34. The Morgan fingerprint density at radius 2 is 2.10 bits per heavy atom. The predicted octanol–water partition coefficient (Wildman–Crippen LogP) is 0.490. The molecule has 2 unspecified atom stereocenters. The Bertz CT molecular complexity index is 474. The first kappa shape index (κ1) is 14.5. The van der Waals surface area contributed by atoms with Crippen LogP contribution in [0.5, 0.6) is 0 Å². The standard InChI is InChI=1S/C16H23N3O2/c1-18-8-9-19(16(20)14-12-21-10-7-17-14)15(11-18)13-5-3-2-4-6-13/h2-6,14-15,17H,7-12H2,1H3. The number of nitrogens with zero attached hydrogens (tertiary/aromatic N) is 2. The predicted molar refractivity (Wildman–Crippen MR) is 81.0 cm³/mol. The van der Waals surface area contributed by atoms with Crippen LogP contribution < -0.4 is 5.32 Å². The highest BCUT2D eigenvalue weighted by atomic mass is 16.5. The van der Waals surface area contributed by atoms with Crippen LogP contribution in [0.1, 0.15) is 11.6 Å². The lowest BCUT2D eigenvalue weighted by molar-refractivity contribution is -0.141. The third kappa shape index (κ3) is 3.26. The molecule has 3 rings (SSSR count). The van der Waals surface area contributed by atoms with Crippen LogP contribution in [0.3, 0.4) is 0 Å². The fraction of sp³-hybridized carbons (Fsp3) is 0.562. The summed E-state index contributed by atoms with van der Waals surface area (Å²) in [5.41, 5.74) is 1.20. The lowest BCUT2D eigenvalue weighted by Gasteiger charge is -2.42. The van der Waals surface area contributed by atoms with Crippen molar-refractivity contribution in [2.75, 3.05) is 46.4 Å². The van der Waals surface area contributed by atoms with Crippen molar-refractivity contribution in [2.24, 2.45) is 0 Å². The fourth-order valence-electron chi connectivity index (χ4n) is 3.07. The number of carbonyl (C=O) groups excluding carboxylic acids is 1. The number of rotatable bonds is 2. The Morgan fingerprint density at radius 3 is 2.81 bits per heavy atom. The van der Waals surface area contributed by atoms with Gasteiger partial charge in [-0.05, 0) is 12.6 Å². The maximum Gasteiger partial charge on any atom is 0.242 e. The number of nitrogens with one attached hydrogen (secondary N) is 1. The van der Waals surface area contributed by atoms with Gasteiger partial charge in [0.1, 0.15) is 6.04 Å². The molecule has 0 aromatic heterocycles. The number of hydrogen-bond donors (Lipinski definition) is 1. The van der Waals surface area contributed by atoms with E-state index in [1.165, 1.54) is 5.56 Å². The first-order chi connectivity index (χ1) is 10.3. The number of amides is 1. The van der Waals surface area contributed by atoms with Gasteiger partial charge in [0.2, 0.25) is 5.91 Å². The van der Waals surface area contributed by atoms with E-state index in [1.807, 2.05) is 23.1 Å². The molecule has 0 bridgehead atoms. The van der Waals surface area contributed by atoms with Crippen LogP contribution in [0.4, 0.5) is 0 Å². The summed E-state index contributed by atoms with van der Waals surface area (Å²) in [6.07, 6.45) is 0. The summed E-state index contributed by atoms with van der Waals surface area (Å²) in [6.45, 7) is 4.49. The summed E-state index contributed by atoms with van der Waals surface area (Å²) < 4.78 is 5.44. The molecule has 0 radical (unpaired) electrons. The van der Waals surface area contributed by atoms with Gasteiger partial charge in [0.25, 0.3) is 0 Å². The van der Waals surface area contributed by atoms with Crippen LogP contribution >= 0.6 is 0 Å². The van der Waals surface area contributed by atoms with Gasteiger partial charge in [0.05, 0.1) is 19.3 Å². The summed E-state index contributed by atoms with van der Waals surface area (Å²) in [7, 11) is 2.11. The number of piperazine rings is 1. The average Bonchev–Trinajstić information content (AvgIpc) is 2.56. The van der Waals surface area contributed by atoms with Crippen molar-refractivity contribution < 1.29 is 9.53 Å². The van der Waals surface area contributed by atoms with Crippen molar-refractivity contribution in [2.45, 2.75) is 12.1 Å². The lowest BCUT2D eigenvalue weighted by atomic mass is 10.0. The Labute approximate surface area is 125 Å². The molecule has 2 heterocycles. The minimum atomic E-state index is -0.201. The van der Waals surface area contributed by atoms with Crippen molar-refractivity contribution in [3.8, 4) is 0 Å². The van der Waals surface area contributed by atoms with Crippen molar-refractivity contribution in [3.63, 3.8) is 0 Å². The number of benzene rings is 1. The van der Waals surface area contributed by atoms with Crippen LogP contribution in [-0.2, 0) is 9.53 Å². The third-order valence-electron chi connectivity index (χ3n) is 4.27. The van der Waals surface area contributed by atoms with E-state index in [0.717, 1.165) is 26.2 Å². The largest absolute Gasteiger partial charge is 0.378 e. The zero-order chi connectivity index (χ0) is 14.7. The molecule has 1 N–H and O–H groups in total. The monoisotopic (exact) mass is 289 g/mol. The molecule has 114 valence electrons. The van der Waals surface area contributed by atoms with Crippen LogP contribution in [0, 0.1) is 0 Å². The molecule has 5 nitrogen and oxygen atoms in total. The molecule has 0 saturated carbocycles. The van der Waals surface area contributed by atoms with Gasteiger partial charge in [0, 0.05) is 26.2 Å². The Kier molecular flexibility index (Phi) is 4.53. The maximum absolute atomic E-state index is 12.8. The zero-order valence-electron chi connectivity index (χ0n) is 12.5. The minimum absolute atomic E-state index is 0.126. The molecule has 2 aliphatic rings. The molecule has 1 amide bonds. The van der Waals surface area contributed by atoms with Crippen LogP contribution in [0.15, 0.2) is 30.3 Å². The molecule has 21 heavy (non-hydrogen) atoms. The van der Waals surface area contributed by atoms with Crippen molar-refractivity contribution in [3.05, 3.63) is 35.9 Å². The van der Waals surface area contributed by atoms with Crippen LogP contribution in [0.25, 0.3) is 0 Å². The topological polar surface area (TPSA) is 44.8 Å². The van der Waals surface area contributed by atoms with Gasteiger partial charge in [-0.1, -0.05) is 30.3 Å². The minimum Gasteiger partial charge on any atom is -0.378 e. The molecule has 2 aliphatic heterocycles. The highest BCUT2D eigenvalue weighted by Crippen LogP contribution is 2.25. The van der Waals surface area contributed by atoms with E-state index in [-0.39, 0.29) is 18.0 Å². The quantitative estimate of drug-likeness (QED) is 0.861. The third-order valence-corrected chi connectivity index (χ3v) is 4.27. The van der Waals surface area contributed by atoms with Crippen molar-refractivity contribution in [1.29, 1.82) is 0 Å². The number of hydrogen-bond acceptors (Lipinski definition) is 4. The van der Waals surface area contributed by atoms with E-state index in [0.29, 0.717) is 13.2 Å². The molecule has 0 spiro atoms. The molecule has 1 aromatic carbocycles. The van der Waals surface area contributed by atoms with Gasteiger partial charge in [-0.3, -0.25) is 4.79 Å². The molecule has 5 heteroatoms. The Morgan fingerprint density at radius 1 is 1.29 bits per heavy atom. The maximum atomic E-state index is 12.8. The average molecular weight is 289 g/mol. The van der Waals surface area contributed by atoms with Crippen molar-refractivity contribution >= 4 is 5.91 Å². The van der Waals surface area contributed by atoms with Gasteiger partial charge in [-0.15, -0.1) is 0 Å². The van der Waals surface area contributed by atoms with Gasteiger partial charge in [0.15, 0.2) is 0 Å². The Hall–Kier alpha value is -1.43. The van der Waals surface area contributed by atoms with E-state index in [4.69, 9.17) is 4.74 Å². The second-order valence-electron chi connectivity index (χ2n) is 5.80. The molecule has 2 atom stereocenters. The van der Waals surface area contributed by atoms with E-state index >= 15 is 0 Å². The van der Waals surface area contributed by atoms with Gasteiger partial charge in [-0.25, -0.2) is 0 Å². The number of likely N-dealkylation sites (N-methyl/N-ethyl adjacent to an activating group) is 1. The second-order valence-corrected chi connectivity index (χ2v) is 5.80. The van der Waals surface area contributed by atoms with E-state index < -0.39 is 0 Å². The second kappa shape index (κ2) is 6.56. The summed E-state index contributed by atoms with van der Waals surface area (Å²) in [6, 6.07) is 10.2. The molecular formula is C16H23N3O2. The first-order valence-electron chi connectivity index (χ1n) is 7.61. The normalized spacial score (nSPS) is 27.6. The lowest BCUT2D eigenvalue weighted by Crippen LogP contribution is -2.57. The number of morpholine rings is 1. The van der Waals surface area contributed by atoms with Crippen LogP contribution in [-0.4, -0.2) is 68.2 Å². The number of carbonyl (C=O) groups is 1. The van der Waals surface area contributed by atoms with E-state index in [1.54, 1.807) is 0 Å². The highest BCUT2D eigenvalue weighted by molar-refractivity contribution is 5.82. The SMILES string of the molecule is CN1CCN(C(=O)C2COCCN2)C(c2ccccc2)C1. The van der Waals surface area contributed by atoms with Gasteiger partial charge in [-0.2, -0.15) is 0 Å². The summed E-state index contributed by atoms with van der Waals surface area (Å²) in [5.74, 6) is 0.164. The smallest absolute Gasteiger partial charge is 0.242 e. The molecule has 0 aliphatic carbocycles. The molecular weight excluding hydrogens is 266 g/mol. The summed E-state index contributed by atoms with van der Waals surface area (Å²) in [4.78, 5) is 17.1. The van der Waals surface area contributed by atoms with Crippen LogP contribution in [0.2, 0.25) is 0 Å². The van der Waals surface area contributed by atoms with E-state index in [2.05, 4.69) is 29.4 Å². The van der Waals surface area contributed by atoms with E-state index in [9.17, 15) is 4.79 Å². The Balaban J connectivity index is 1.79. The summed E-state index contributed by atoms with van der Waals surface area (Å²) >= 11 is 0. The fourth-order valence-corrected chi connectivity index (χ4v) is 3.07. The number of ether oxygens (including phenoxy) is 1. The molecule has 2 fully saturated rings. The van der Waals surface area contributed by atoms with Crippen molar-refractivity contribution in [1.82, 2.24) is 15.1 Å².